The quantitative estimate of drug-likeness (QED) is 0.0320. The Hall–Kier alpha value is -1.40. The maximum Gasteiger partial charge on any atom is 0.305 e. The zero-order chi connectivity index (χ0) is 57.8. The van der Waals surface area contributed by atoms with Gasteiger partial charge in [0.05, 0.1) is 25.4 Å². The van der Waals surface area contributed by atoms with Crippen LogP contribution in [-0.4, -0.2) is 47.4 Å². The number of amides is 1. The molecule has 0 aromatic carbocycles. The van der Waals surface area contributed by atoms with Gasteiger partial charge in [-0.15, -0.1) is 0 Å². The number of unbranched alkanes of at least 4 members (excludes halogenated alkanes) is 57. The van der Waals surface area contributed by atoms with E-state index in [0.717, 1.165) is 38.5 Å². The SMILES string of the molecule is CCCCCCCCCCCCCCCC(=O)OCCCCCCCCCCCCCCCCCC/C=C\CCCCCCCCCCCCCCCCCCCC(=O)NC(CO)C(O)CCCCCCCCCCCCCCC. The summed E-state index contributed by atoms with van der Waals surface area (Å²) >= 11 is 0. The highest BCUT2D eigenvalue weighted by Gasteiger charge is 2.20. The van der Waals surface area contributed by atoms with Crippen LogP contribution in [0.2, 0.25) is 0 Å². The van der Waals surface area contributed by atoms with Crippen molar-refractivity contribution in [2.24, 2.45) is 0 Å². The predicted molar refractivity (Wildman–Crippen MR) is 352 cm³/mol. The van der Waals surface area contributed by atoms with E-state index in [1.807, 2.05) is 0 Å². The van der Waals surface area contributed by atoms with Gasteiger partial charge in [0, 0.05) is 12.8 Å². The van der Waals surface area contributed by atoms with Gasteiger partial charge in [0.15, 0.2) is 0 Å². The van der Waals surface area contributed by atoms with Gasteiger partial charge in [-0.25, -0.2) is 0 Å². The third-order valence-corrected chi connectivity index (χ3v) is 17.6. The molecule has 476 valence electrons. The molecule has 6 nitrogen and oxygen atoms in total. The molecule has 0 aromatic rings. The largest absolute Gasteiger partial charge is 0.466 e. The minimum Gasteiger partial charge on any atom is -0.466 e. The van der Waals surface area contributed by atoms with E-state index in [2.05, 4.69) is 31.3 Å². The lowest BCUT2D eigenvalue weighted by Gasteiger charge is -2.22. The molecule has 80 heavy (non-hydrogen) atoms. The molecule has 0 spiro atoms. The van der Waals surface area contributed by atoms with Crippen LogP contribution in [0.25, 0.3) is 0 Å². The average molecular weight is 1130 g/mol. The van der Waals surface area contributed by atoms with Crippen molar-refractivity contribution in [1.29, 1.82) is 0 Å². The lowest BCUT2D eigenvalue weighted by molar-refractivity contribution is -0.143. The molecule has 2 unspecified atom stereocenters. The van der Waals surface area contributed by atoms with Crippen LogP contribution in [0.3, 0.4) is 0 Å². The standard InChI is InChI=1S/C74H145NO5/c1-3-5-7-9-11-13-15-42-46-50-54-58-62-66-72(77)71(70-76)75-73(78)67-63-59-55-51-47-44-40-38-36-34-32-30-28-26-24-22-20-18-17-19-21-23-25-27-29-31-33-35-37-39-41-45-49-53-57-61-65-69-80-74(79)68-64-60-56-52-48-43-16-14-12-10-8-6-4-2/h17,19,71-72,76-77H,3-16,18,20-70H2,1-2H3,(H,75,78)/b19-17-. The number of allylic oxidation sites excluding steroid dienone is 2. The van der Waals surface area contributed by atoms with Crippen molar-refractivity contribution in [3.63, 3.8) is 0 Å². The number of carbonyl (C=O) groups is 2. The Morgan fingerprint density at radius 2 is 0.588 bits per heavy atom. The van der Waals surface area contributed by atoms with E-state index in [-0.39, 0.29) is 18.5 Å². The maximum absolute atomic E-state index is 12.5. The Morgan fingerprint density at radius 3 is 0.887 bits per heavy atom. The van der Waals surface area contributed by atoms with Crippen LogP contribution in [0, 0.1) is 0 Å². The summed E-state index contributed by atoms with van der Waals surface area (Å²) in [6, 6.07) is -0.537. The van der Waals surface area contributed by atoms with Crippen LogP contribution >= 0.6 is 0 Å². The molecular weight excluding hydrogens is 983 g/mol. The molecule has 0 aliphatic rings. The van der Waals surface area contributed by atoms with Crippen LogP contribution in [0.5, 0.6) is 0 Å². The predicted octanol–water partition coefficient (Wildman–Crippen LogP) is 23.9. The number of aliphatic hydroxyl groups is 2. The smallest absolute Gasteiger partial charge is 0.305 e. The number of hydrogen-bond acceptors (Lipinski definition) is 5. The number of hydrogen-bond donors (Lipinski definition) is 3. The van der Waals surface area contributed by atoms with Crippen molar-refractivity contribution >= 4 is 11.9 Å². The second-order valence-corrected chi connectivity index (χ2v) is 25.6. The fraction of sp³-hybridized carbons (Fsp3) is 0.946. The second kappa shape index (κ2) is 70.1. The third-order valence-electron chi connectivity index (χ3n) is 17.6. The molecule has 0 saturated carbocycles. The molecule has 0 bridgehead atoms. The van der Waals surface area contributed by atoms with Gasteiger partial charge < -0.3 is 20.3 Å². The van der Waals surface area contributed by atoms with Crippen molar-refractivity contribution in [2.75, 3.05) is 13.2 Å². The summed E-state index contributed by atoms with van der Waals surface area (Å²) < 4.78 is 5.49. The van der Waals surface area contributed by atoms with Crippen LogP contribution in [0.1, 0.15) is 425 Å². The Kier molecular flexibility index (Phi) is 68.9. The van der Waals surface area contributed by atoms with E-state index < -0.39 is 12.1 Å². The Balaban J connectivity index is 3.31. The van der Waals surface area contributed by atoms with Gasteiger partial charge >= 0.3 is 5.97 Å². The molecule has 0 radical (unpaired) electrons. The molecule has 0 aliphatic heterocycles. The van der Waals surface area contributed by atoms with Crippen LogP contribution in [0.15, 0.2) is 12.2 Å². The Morgan fingerprint density at radius 1 is 0.338 bits per heavy atom. The first-order chi connectivity index (χ1) is 39.5. The lowest BCUT2D eigenvalue weighted by Crippen LogP contribution is -2.45. The second-order valence-electron chi connectivity index (χ2n) is 25.6. The number of ether oxygens (including phenoxy) is 1. The van der Waals surface area contributed by atoms with Gasteiger partial charge in [-0.1, -0.05) is 373 Å². The Bertz CT molecular complexity index is 1210. The molecule has 0 fully saturated rings. The van der Waals surface area contributed by atoms with Gasteiger partial charge in [0.1, 0.15) is 0 Å². The first-order valence-electron chi connectivity index (χ1n) is 36.9. The van der Waals surface area contributed by atoms with Crippen molar-refractivity contribution in [1.82, 2.24) is 5.32 Å². The number of esters is 1. The molecule has 0 rings (SSSR count). The average Bonchev–Trinajstić information content (AvgIpc) is 3.46. The summed E-state index contributed by atoms with van der Waals surface area (Å²) in [7, 11) is 0. The Labute approximate surface area is 501 Å². The van der Waals surface area contributed by atoms with E-state index in [1.165, 1.54) is 353 Å². The zero-order valence-electron chi connectivity index (χ0n) is 54.6. The highest BCUT2D eigenvalue weighted by atomic mass is 16.5. The number of nitrogens with one attached hydrogen (secondary N) is 1. The summed E-state index contributed by atoms with van der Waals surface area (Å²) in [5.74, 6) is -0.00449. The maximum atomic E-state index is 12.5. The molecule has 1 amide bonds. The van der Waals surface area contributed by atoms with E-state index in [0.29, 0.717) is 25.9 Å². The summed E-state index contributed by atoms with van der Waals surface area (Å²) in [6.45, 7) is 4.99. The third kappa shape index (κ3) is 65.7. The van der Waals surface area contributed by atoms with Crippen LogP contribution in [0.4, 0.5) is 0 Å². The van der Waals surface area contributed by atoms with Crippen molar-refractivity contribution in [3.8, 4) is 0 Å². The van der Waals surface area contributed by atoms with Crippen LogP contribution < -0.4 is 5.32 Å². The molecule has 2 atom stereocenters. The first-order valence-corrected chi connectivity index (χ1v) is 36.9. The monoisotopic (exact) mass is 1130 g/mol. The molecule has 6 heteroatoms. The highest BCUT2D eigenvalue weighted by Crippen LogP contribution is 2.19. The topological polar surface area (TPSA) is 95.9 Å². The number of rotatable bonds is 70. The molecule has 0 aliphatic carbocycles. The minimum atomic E-state index is -0.660. The van der Waals surface area contributed by atoms with Gasteiger partial charge in [0.2, 0.25) is 5.91 Å². The molecular formula is C74H145NO5. The van der Waals surface area contributed by atoms with E-state index in [9.17, 15) is 19.8 Å². The molecule has 0 aromatic heterocycles. The van der Waals surface area contributed by atoms with Crippen molar-refractivity contribution in [2.45, 2.75) is 437 Å². The van der Waals surface area contributed by atoms with E-state index in [1.54, 1.807) is 0 Å². The zero-order valence-corrected chi connectivity index (χ0v) is 54.6. The lowest BCUT2D eigenvalue weighted by atomic mass is 10.0. The molecule has 0 heterocycles. The number of carbonyl (C=O) groups excluding carboxylic acids is 2. The first kappa shape index (κ1) is 78.6. The fourth-order valence-corrected chi connectivity index (χ4v) is 11.9. The minimum absolute atomic E-state index is 0.0238. The summed E-state index contributed by atoms with van der Waals surface area (Å²) in [5, 5.41) is 23.3. The van der Waals surface area contributed by atoms with Crippen molar-refractivity contribution in [3.05, 3.63) is 12.2 Å². The van der Waals surface area contributed by atoms with Gasteiger partial charge in [0.25, 0.3) is 0 Å². The normalized spacial score (nSPS) is 12.5. The van der Waals surface area contributed by atoms with E-state index >= 15 is 0 Å². The van der Waals surface area contributed by atoms with E-state index in [4.69, 9.17) is 4.74 Å². The summed E-state index contributed by atoms with van der Waals surface area (Å²) in [6.07, 6.45) is 87.2. The van der Waals surface area contributed by atoms with Crippen molar-refractivity contribution < 1.29 is 24.5 Å². The van der Waals surface area contributed by atoms with Gasteiger partial charge in [-0.3, -0.25) is 9.59 Å². The van der Waals surface area contributed by atoms with Gasteiger partial charge in [-0.2, -0.15) is 0 Å². The summed E-state index contributed by atoms with van der Waals surface area (Å²) in [4.78, 5) is 24.5. The molecule has 3 N–H and O–H groups in total. The highest BCUT2D eigenvalue weighted by molar-refractivity contribution is 5.76. The number of aliphatic hydroxyl groups excluding tert-OH is 2. The molecule has 0 saturated heterocycles. The fourth-order valence-electron chi connectivity index (χ4n) is 11.9. The summed E-state index contributed by atoms with van der Waals surface area (Å²) in [5.41, 5.74) is 0. The van der Waals surface area contributed by atoms with Gasteiger partial charge in [-0.05, 0) is 51.4 Å². The van der Waals surface area contributed by atoms with Crippen LogP contribution in [-0.2, 0) is 14.3 Å².